The summed E-state index contributed by atoms with van der Waals surface area (Å²) in [6, 6.07) is 5.71. The first-order chi connectivity index (χ1) is 13.5. The van der Waals surface area contributed by atoms with Gasteiger partial charge in [0.05, 0.1) is 12.2 Å². The van der Waals surface area contributed by atoms with Crippen molar-refractivity contribution in [3.05, 3.63) is 51.7 Å². The summed E-state index contributed by atoms with van der Waals surface area (Å²) in [4.78, 5) is 16.6. The fraction of sp³-hybridized carbons (Fsp3) is 0.500. The molecule has 2 atom stereocenters. The van der Waals surface area contributed by atoms with Gasteiger partial charge in [0.15, 0.2) is 0 Å². The number of amides is 1. The molecule has 28 heavy (non-hydrogen) atoms. The Hall–Kier alpha value is -1.76. The topological polar surface area (TPSA) is 41.6 Å². The number of ether oxygens (including phenoxy) is 1. The predicted molar refractivity (Wildman–Crippen MR) is 111 cm³/mol. The van der Waals surface area contributed by atoms with E-state index in [1.807, 2.05) is 0 Å². The Morgan fingerprint density at radius 3 is 2.57 bits per heavy atom. The molecule has 0 saturated carbocycles. The van der Waals surface area contributed by atoms with E-state index in [0.29, 0.717) is 5.56 Å². The summed E-state index contributed by atoms with van der Waals surface area (Å²) in [7, 11) is 0. The number of aryl methyl sites for hydroxylation is 1. The van der Waals surface area contributed by atoms with Crippen LogP contribution in [0.15, 0.2) is 24.3 Å². The highest BCUT2D eigenvalue weighted by atomic mass is 32.1. The standard InChI is InChI=1S/C22H27FN2O2S/c1-14-11-25(12-15(2)27-14)13-19-18-5-3-4-6-20(18)28-22(19)24-21(26)16-7-9-17(23)10-8-16/h7-10,14-15H,3-6,11-13H2,1-2H3,(H,24,26). The van der Waals surface area contributed by atoms with Crippen molar-refractivity contribution in [2.75, 3.05) is 18.4 Å². The monoisotopic (exact) mass is 402 g/mol. The number of carbonyl (C=O) groups excluding carboxylic acids is 1. The van der Waals surface area contributed by atoms with Gasteiger partial charge in [0, 0.05) is 35.6 Å². The molecule has 0 spiro atoms. The molecule has 1 aromatic heterocycles. The second kappa shape index (κ2) is 8.31. The van der Waals surface area contributed by atoms with Crippen LogP contribution < -0.4 is 5.32 Å². The first-order valence-electron chi connectivity index (χ1n) is 10.1. The molecule has 2 aromatic rings. The highest BCUT2D eigenvalue weighted by molar-refractivity contribution is 7.16. The average molecular weight is 403 g/mol. The number of anilines is 1. The first-order valence-corrected chi connectivity index (χ1v) is 10.9. The van der Waals surface area contributed by atoms with Crippen molar-refractivity contribution in [3.63, 3.8) is 0 Å². The molecule has 1 saturated heterocycles. The van der Waals surface area contributed by atoms with Gasteiger partial charge in [0.25, 0.3) is 5.91 Å². The Kier molecular flexibility index (Phi) is 5.80. The van der Waals surface area contributed by atoms with Gasteiger partial charge in [-0.15, -0.1) is 11.3 Å². The van der Waals surface area contributed by atoms with Crippen molar-refractivity contribution in [2.24, 2.45) is 0 Å². The summed E-state index contributed by atoms with van der Waals surface area (Å²) in [5.74, 6) is -0.511. The largest absolute Gasteiger partial charge is 0.373 e. The molecular weight excluding hydrogens is 375 g/mol. The first kappa shape index (κ1) is 19.6. The van der Waals surface area contributed by atoms with Crippen LogP contribution in [-0.4, -0.2) is 36.1 Å². The summed E-state index contributed by atoms with van der Waals surface area (Å²) in [6.07, 6.45) is 5.03. The van der Waals surface area contributed by atoms with Crippen molar-refractivity contribution in [2.45, 2.75) is 58.3 Å². The zero-order valence-corrected chi connectivity index (χ0v) is 17.3. The van der Waals surface area contributed by atoms with Crippen LogP contribution in [0.2, 0.25) is 0 Å². The number of thiophene rings is 1. The molecule has 2 unspecified atom stereocenters. The molecule has 150 valence electrons. The summed E-state index contributed by atoms with van der Waals surface area (Å²) in [6.45, 7) is 6.87. The zero-order chi connectivity index (χ0) is 19.7. The van der Waals surface area contributed by atoms with Gasteiger partial charge in [0.1, 0.15) is 10.8 Å². The summed E-state index contributed by atoms with van der Waals surface area (Å²) in [5.41, 5.74) is 3.17. The quantitative estimate of drug-likeness (QED) is 0.811. The number of hydrogen-bond donors (Lipinski definition) is 1. The fourth-order valence-electron chi connectivity index (χ4n) is 4.31. The van der Waals surface area contributed by atoms with Crippen LogP contribution >= 0.6 is 11.3 Å². The van der Waals surface area contributed by atoms with E-state index in [-0.39, 0.29) is 23.9 Å². The third-order valence-corrected chi connectivity index (χ3v) is 6.74. The predicted octanol–water partition coefficient (Wildman–Crippen LogP) is 4.63. The van der Waals surface area contributed by atoms with Crippen LogP contribution in [0.5, 0.6) is 0 Å². The molecule has 0 bridgehead atoms. The van der Waals surface area contributed by atoms with E-state index >= 15 is 0 Å². The van der Waals surface area contributed by atoms with E-state index in [0.717, 1.165) is 37.5 Å². The smallest absolute Gasteiger partial charge is 0.256 e. The Bertz CT molecular complexity index is 839. The zero-order valence-electron chi connectivity index (χ0n) is 16.5. The maximum Gasteiger partial charge on any atom is 0.256 e. The number of nitrogens with one attached hydrogen (secondary N) is 1. The lowest BCUT2D eigenvalue weighted by molar-refractivity contribution is -0.0704. The number of halogens is 1. The Balaban J connectivity index is 1.58. The second-order valence-corrected chi connectivity index (χ2v) is 9.04. The Labute approximate surface area is 169 Å². The Morgan fingerprint density at radius 2 is 1.86 bits per heavy atom. The molecular formula is C22H27FN2O2S. The minimum Gasteiger partial charge on any atom is -0.373 e. The molecule has 0 radical (unpaired) electrons. The summed E-state index contributed by atoms with van der Waals surface area (Å²) >= 11 is 1.71. The van der Waals surface area contributed by atoms with Crippen LogP contribution in [-0.2, 0) is 24.1 Å². The number of hydrogen-bond acceptors (Lipinski definition) is 4. The lowest BCUT2D eigenvalue weighted by Gasteiger charge is -2.35. The van der Waals surface area contributed by atoms with E-state index in [4.69, 9.17) is 4.74 Å². The van der Waals surface area contributed by atoms with Gasteiger partial charge < -0.3 is 10.1 Å². The minimum atomic E-state index is -0.334. The van der Waals surface area contributed by atoms with E-state index in [1.54, 1.807) is 11.3 Å². The van der Waals surface area contributed by atoms with Crippen LogP contribution in [0, 0.1) is 5.82 Å². The van der Waals surface area contributed by atoms with Gasteiger partial charge >= 0.3 is 0 Å². The van der Waals surface area contributed by atoms with Crippen molar-refractivity contribution in [1.29, 1.82) is 0 Å². The number of benzene rings is 1. The normalized spacial score (nSPS) is 22.7. The molecule has 6 heteroatoms. The number of rotatable bonds is 4. The lowest BCUT2D eigenvalue weighted by Crippen LogP contribution is -2.45. The van der Waals surface area contributed by atoms with Crippen molar-refractivity contribution in [1.82, 2.24) is 4.90 Å². The lowest BCUT2D eigenvalue weighted by atomic mass is 9.95. The van der Waals surface area contributed by atoms with Crippen LogP contribution in [0.3, 0.4) is 0 Å². The van der Waals surface area contributed by atoms with Gasteiger partial charge in [-0.3, -0.25) is 9.69 Å². The highest BCUT2D eigenvalue weighted by Gasteiger charge is 2.27. The third kappa shape index (κ3) is 4.29. The summed E-state index contributed by atoms with van der Waals surface area (Å²) < 4.78 is 19.0. The molecule has 1 amide bonds. The maximum absolute atomic E-state index is 13.2. The number of fused-ring (bicyclic) bond motifs is 1. The molecule has 1 aliphatic carbocycles. The van der Waals surface area contributed by atoms with Crippen molar-refractivity contribution < 1.29 is 13.9 Å². The third-order valence-electron chi connectivity index (χ3n) is 5.49. The van der Waals surface area contributed by atoms with Crippen LogP contribution in [0.1, 0.15) is 53.1 Å². The molecule has 2 heterocycles. The van der Waals surface area contributed by atoms with E-state index in [2.05, 4.69) is 24.1 Å². The molecule has 1 N–H and O–H groups in total. The SMILES string of the molecule is CC1CN(Cc2c(NC(=O)c3ccc(F)cc3)sc3c2CCCC3)CC(C)O1. The molecule has 2 aliphatic rings. The maximum atomic E-state index is 13.2. The van der Waals surface area contributed by atoms with Crippen molar-refractivity contribution in [3.8, 4) is 0 Å². The number of carbonyl (C=O) groups is 1. The van der Waals surface area contributed by atoms with E-state index in [1.165, 1.54) is 53.1 Å². The average Bonchev–Trinajstić information content (AvgIpc) is 2.98. The second-order valence-electron chi connectivity index (χ2n) is 7.93. The van der Waals surface area contributed by atoms with Gasteiger partial charge in [-0.05, 0) is 69.4 Å². The van der Waals surface area contributed by atoms with Crippen LogP contribution in [0.25, 0.3) is 0 Å². The molecule has 1 aliphatic heterocycles. The van der Waals surface area contributed by atoms with Crippen LogP contribution in [0.4, 0.5) is 9.39 Å². The molecule has 4 nitrogen and oxygen atoms in total. The van der Waals surface area contributed by atoms with Gasteiger partial charge in [0.2, 0.25) is 0 Å². The number of morpholine rings is 1. The molecule has 1 fully saturated rings. The van der Waals surface area contributed by atoms with Gasteiger partial charge in [-0.25, -0.2) is 4.39 Å². The number of nitrogens with zero attached hydrogens (tertiary/aromatic N) is 1. The summed E-state index contributed by atoms with van der Waals surface area (Å²) in [5, 5.41) is 4.07. The molecule has 4 rings (SSSR count). The van der Waals surface area contributed by atoms with Gasteiger partial charge in [-0.2, -0.15) is 0 Å². The fourth-order valence-corrected chi connectivity index (χ4v) is 5.61. The Morgan fingerprint density at radius 1 is 1.18 bits per heavy atom. The van der Waals surface area contributed by atoms with Crippen molar-refractivity contribution >= 4 is 22.2 Å². The van der Waals surface area contributed by atoms with Gasteiger partial charge in [-0.1, -0.05) is 0 Å². The van der Waals surface area contributed by atoms with E-state index < -0.39 is 0 Å². The highest BCUT2D eigenvalue weighted by Crippen LogP contribution is 2.39. The van der Waals surface area contributed by atoms with E-state index in [9.17, 15) is 9.18 Å². The molecule has 1 aromatic carbocycles. The minimum absolute atomic E-state index is 0.177.